The molecule has 1 fully saturated rings. The number of rotatable bonds is 1. The summed E-state index contributed by atoms with van der Waals surface area (Å²) >= 11 is 0. The highest BCUT2D eigenvalue weighted by Gasteiger charge is 2.20. The van der Waals surface area contributed by atoms with E-state index in [1.807, 2.05) is 19.1 Å². The number of hydrogen-bond donors (Lipinski definition) is 0. The summed E-state index contributed by atoms with van der Waals surface area (Å²) in [6, 6.07) is 3.99. The average molecular weight is 152 g/mol. The minimum absolute atomic E-state index is 0.226. The Kier molecular flexibility index (Phi) is 1.70. The summed E-state index contributed by atoms with van der Waals surface area (Å²) in [5.41, 5.74) is 0. The topological polar surface area (TPSA) is 22.4 Å². The summed E-state index contributed by atoms with van der Waals surface area (Å²) in [6.45, 7) is 2.84. The third-order valence-electron chi connectivity index (χ3n) is 2.01. The van der Waals surface area contributed by atoms with Crippen molar-refractivity contribution < 1.29 is 9.15 Å². The lowest BCUT2D eigenvalue weighted by Gasteiger charge is -2.03. The molecule has 0 aromatic carbocycles. The lowest BCUT2D eigenvalue weighted by molar-refractivity contribution is 0.0928. The van der Waals surface area contributed by atoms with E-state index < -0.39 is 0 Å². The van der Waals surface area contributed by atoms with Crippen LogP contribution in [0.4, 0.5) is 0 Å². The predicted molar refractivity (Wildman–Crippen MR) is 41.4 cm³/mol. The molecule has 0 radical (unpaired) electrons. The molecule has 0 unspecified atom stereocenters. The lowest BCUT2D eigenvalue weighted by Crippen LogP contribution is -1.92. The molecular formula is C9H12O2. The summed E-state index contributed by atoms with van der Waals surface area (Å²) in [6.07, 6.45) is 2.49. The Labute approximate surface area is 66.2 Å². The van der Waals surface area contributed by atoms with Gasteiger partial charge in [-0.2, -0.15) is 0 Å². The van der Waals surface area contributed by atoms with Gasteiger partial charge in [0, 0.05) is 6.61 Å². The molecule has 1 aliphatic heterocycles. The minimum Gasteiger partial charge on any atom is -0.464 e. The van der Waals surface area contributed by atoms with E-state index in [1.165, 1.54) is 0 Å². The first-order valence-electron chi connectivity index (χ1n) is 4.04. The maximum absolute atomic E-state index is 5.46. The van der Waals surface area contributed by atoms with Crippen LogP contribution in [-0.2, 0) is 4.74 Å². The first-order valence-corrected chi connectivity index (χ1v) is 4.04. The van der Waals surface area contributed by atoms with Gasteiger partial charge in [0.25, 0.3) is 0 Å². The molecule has 1 saturated heterocycles. The van der Waals surface area contributed by atoms with Crippen molar-refractivity contribution in [3.63, 3.8) is 0 Å². The van der Waals surface area contributed by atoms with Gasteiger partial charge in [-0.05, 0) is 31.9 Å². The van der Waals surface area contributed by atoms with Crippen LogP contribution in [0.25, 0.3) is 0 Å². The molecule has 11 heavy (non-hydrogen) atoms. The molecule has 0 spiro atoms. The van der Waals surface area contributed by atoms with Gasteiger partial charge in [0.2, 0.25) is 0 Å². The molecule has 0 bridgehead atoms. The second-order valence-electron chi connectivity index (χ2n) is 2.95. The smallest absolute Gasteiger partial charge is 0.132 e. The van der Waals surface area contributed by atoms with E-state index in [1.54, 1.807) is 0 Å². The number of ether oxygens (including phenoxy) is 1. The Balaban J connectivity index is 2.15. The van der Waals surface area contributed by atoms with Gasteiger partial charge in [-0.25, -0.2) is 0 Å². The van der Waals surface area contributed by atoms with Crippen molar-refractivity contribution in [1.82, 2.24) is 0 Å². The van der Waals surface area contributed by atoms with E-state index in [9.17, 15) is 0 Å². The first kappa shape index (κ1) is 6.92. The van der Waals surface area contributed by atoms with Crippen molar-refractivity contribution in [3.8, 4) is 0 Å². The number of furan rings is 1. The third kappa shape index (κ3) is 1.31. The van der Waals surface area contributed by atoms with Crippen molar-refractivity contribution in [1.29, 1.82) is 0 Å². The zero-order valence-electron chi connectivity index (χ0n) is 6.67. The highest BCUT2D eigenvalue weighted by molar-refractivity contribution is 5.08. The number of aryl methyl sites for hydroxylation is 1. The molecule has 1 aromatic rings. The van der Waals surface area contributed by atoms with Crippen molar-refractivity contribution in [2.45, 2.75) is 25.9 Å². The van der Waals surface area contributed by atoms with Crippen LogP contribution in [-0.4, -0.2) is 6.61 Å². The summed E-state index contributed by atoms with van der Waals surface area (Å²) in [5, 5.41) is 0. The maximum Gasteiger partial charge on any atom is 0.132 e. The van der Waals surface area contributed by atoms with E-state index in [2.05, 4.69) is 0 Å². The average Bonchev–Trinajstić information content (AvgIpc) is 2.55. The zero-order chi connectivity index (χ0) is 7.68. The molecule has 1 aromatic heterocycles. The van der Waals surface area contributed by atoms with Gasteiger partial charge >= 0.3 is 0 Å². The molecule has 2 heteroatoms. The summed E-state index contributed by atoms with van der Waals surface area (Å²) in [4.78, 5) is 0. The van der Waals surface area contributed by atoms with Crippen LogP contribution in [0.5, 0.6) is 0 Å². The zero-order valence-corrected chi connectivity index (χ0v) is 6.67. The van der Waals surface area contributed by atoms with E-state index >= 15 is 0 Å². The van der Waals surface area contributed by atoms with Gasteiger partial charge in [0.15, 0.2) is 0 Å². The van der Waals surface area contributed by atoms with Crippen molar-refractivity contribution in [2.75, 3.05) is 6.61 Å². The maximum atomic E-state index is 5.46. The van der Waals surface area contributed by atoms with Gasteiger partial charge in [-0.15, -0.1) is 0 Å². The fourth-order valence-corrected chi connectivity index (χ4v) is 1.43. The van der Waals surface area contributed by atoms with Crippen molar-refractivity contribution >= 4 is 0 Å². The summed E-state index contributed by atoms with van der Waals surface area (Å²) in [5.74, 6) is 1.95. The fourth-order valence-electron chi connectivity index (χ4n) is 1.43. The van der Waals surface area contributed by atoms with Crippen LogP contribution in [0, 0.1) is 6.92 Å². The van der Waals surface area contributed by atoms with E-state index in [0.717, 1.165) is 31.0 Å². The molecule has 2 rings (SSSR count). The molecule has 2 nitrogen and oxygen atoms in total. The van der Waals surface area contributed by atoms with Crippen LogP contribution in [0.1, 0.15) is 30.5 Å². The van der Waals surface area contributed by atoms with Crippen LogP contribution < -0.4 is 0 Å². The molecule has 1 atom stereocenters. The Morgan fingerprint density at radius 3 is 2.91 bits per heavy atom. The second-order valence-corrected chi connectivity index (χ2v) is 2.95. The van der Waals surface area contributed by atoms with E-state index in [4.69, 9.17) is 9.15 Å². The van der Waals surface area contributed by atoms with Gasteiger partial charge in [0.05, 0.1) is 0 Å². The first-order chi connectivity index (χ1) is 5.36. The normalized spacial score (nSPS) is 24.3. The Hall–Kier alpha value is -0.760. The van der Waals surface area contributed by atoms with Gasteiger partial charge < -0.3 is 9.15 Å². The Morgan fingerprint density at radius 1 is 1.45 bits per heavy atom. The van der Waals surface area contributed by atoms with Crippen LogP contribution in [0.15, 0.2) is 16.5 Å². The Morgan fingerprint density at radius 2 is 2.36 bits per heavy atom. The van der Waals surface area contributed by atoms with Gasteiger partial charge in [-0.3, -0.25) is 0 Å². The summed E-state index contributed by atoms with van der Waals surface area (Å²) in [7, 11) is 0. The highest BCUT2D eigenvalue weighted by atomic mass is 16.5. The molecule has 0 aliphatic carbocycles. The van der Waals surface area contributed by atoms with Crippen molar-refractivity contribution in [2.24, 2.45) is 0 Å². The molecule has 60 valence electrons. The van der Waals surface area contributed by atoms with Crippen LogP contribution in [0.2, 0.25) is 0 Å². The standard InChI is InChI=1S/C9H12O2/c1-7-4-5-9(11-7)8-3-2-6-10-8/h4-5,8H,2-3,6H2,1H3/t8-/m1/s1. The van der Waals surface area contributed by atoms with Gasteiger partial charge in [0.1, 0.15) is 17.6 Å². The molecule has 0 N–H and O–H groups in total. The molecule has 1 aliphatic rings. The second kappa shape index (κ2) is 2.70. The quantitative estimate of drug-likeness (QED) is 0.616. The van der Waals surface area contributed by atoms with Crippen LogP contribution >= 0.6 is 0 Å². The number of hydrogen-bond acceptors (Lipinski definition) is 2. The SMILES string of the molecule is Cc1ccc([C@H]2CCCO2)o1. The minimum atomic E-state index is 0.226. The highest BCUT2D eigenvalue weighted by Crippen LogP contribution is 2.29. The molecule has 2 heterocycles. The van der Waals surface area contributed by atoms with E-state index in [0.29, 0.717) is 0 Å². The van der Waals surface area contributed by atoms with Crippen molar-refractivity contribution in [3.05, 3.63) is 23.7 Å². The summed E-state index contributed by atoms with van der Waals surface area (Å²) < 4.78 is 10.9. The lowest BCUT2D eigenvalue weighted by atomic mass is 10.2. The van der Waals surface area contributed by atoms with Crippen LogP contribution in [0.3, 0.4) is 0 Å². The monoisotopic (exact) mass is 152 g/mol. The van der Waals surface area contributed by atoms with E-state index in [-0.39, 0.29) is 6.10 Å². The fraction of sp³-hybridized carbons (Fsp3) is 0.556. The predicted octanol–water partition coefficient (Wildman–Crippen LogP) is 2.44. The molecular weight excluding hydrogens is 140 g/mol. The third-order valence-corrected chi connectivity index (χ3v) is 2.01. The van der Waals surface area contributed by atoms with Gasteiger partial charge in [-0.1, -0.05) is 0 Å². The molecule has 0 saturated carbocycles. The Bertz CT molecular complexity index is 233. The molecule has 0 amide bonds. The largest absolute Gasteiger partial charge is 0.464 e.